The molecule has 0 aliphatic rings. The molecule has 1 amide bonds. The quantitative estimate of drug-likeness (QED) is 0.783. The number of carbonyl (C=O) groups is 1. The molecule has 0 atom stereocenters. The molecule has 0 bridgehead atoms. The maximum Gasteiger partial charge on any atom is 0.287 e. The van der Waals surface area contributed by atoms with E-state index in [2.05, 4.69) is 11.2 Å². The average molecular weight is 227 g/mol. The lowest BCUT2D eigenvalue weighted by atomic mass is 10.2. The first-order chi connectivity index (χ1) is 8.22. The fourth-order valence-electron chi connectivity index (χ4n) is 1.43. The lowest BCUT2D eigenvalue weighted by Crippen LogP contribution is -2.24. The molecule has 1 N–H and O–H groups in total. The van der Waals surface area contributed by atoms with Gasteiger partial charge in [0.2, 0.25) is 0 Å². The van der Waals surface area contributed by atoms with Gasteiger partial charge in [-0.05, 0) is 12.1 Å². The van der Waals surface area contributed by atoms with E-state index in [0.29, 0.717) is 11.0 Å². The van der Waals surface area contributed by atoms with Gasteiger partial charge in [-0.15, -0.1) is 6.42 Å². The first-order valence-electron chi connectivity index (χ1n) is 4.97. The Labute approximate surface area is 97.2 Å². The fourth-order valence-corrected chi connectivity index (χ4v) is 1.43. The van der Waals surface area contributed by atoms with Crippen LogP contribution in [0.4, 0.5) is 0 Å². The van der Waals surface area contributed by atoms with Gasteiger partial charge in [0.05, 0.1) is 11.9 Å². The number of hydrogen-bond acceptors (Lipinski definition) is 3. The number of rotatable bonds is 2. The van der Waals surface area contributed by atoms with Crippen molar-refractivity contribution < 1.29 is 9.21 Å². The zero-order valence-electron chi connectivity index (χ0n) is 8.90. The predicted octanol–water partition coefficient (Wildman–Crippen LogP) is 1.16. The molecule has 0 fully saturated rings. The lowest BCUT2D eigenvalue weighted by Gasteiger charge is -2.02. The maximum absolute atomic E-state index is 11.7. The second kappa shape index (κ2) is 4.54. The van der Waals surface area contributed by atoms with Gasteiger partial charge in [0, 0.05) is 6.07 Å². The van der Waals surface area contributed by atoms with Crippen LogP contribution >= 0.6 is 0 Å². The number of para-hydroxylation sites is 1. The fraction of sp³-hybridized carbons (Fsp3) is 0.0769. The van der Waals surface area contributed by atoms with E-state index in [1.165, 1.54) is 0 Å². The lowest BCUT2D eigenvalue weighted by molar-refractivity contribution is 0.0931. The van der Waals surface area contributed by atoms with Gasteiger partial charge in [-0.3, -0.25) is 9.59 Å². The third-order valence-electron chi connectivity index (χ3n) is 2.21. The maximum atomic E-state index is 11.7. The first kappa shape index (κ1) is 11.0. The Kier molecular flexibility index (Phi) is 2.93. The largest absolute Gasteiger partial charge is 0.451 e. The minimum atomic E-state index is -0.495. The van der Waals surface area contributed by atoms with Crippen LogP contribution in [-0.2, 0) is 0 Å². The minimum absolute atomic E-state index is 0.0380. The molecule has 0 unspecified atom stereocenters. The Hall–Kier alpha value is -2.54. The molecule has 84 valence electrons. The molecule has 4 heteroatoms. The summed E-state index contributed by atoms with van der Waals surface area (Å²) in [5.74, 6) is 1.74. The van der Waals surface area contributed by atoms with Crippen LogP contribution in [0, 0.1) is 12.3 Å². The standard InChI is InChI=1S/C13H9NO3/c1-2-7-14-13(16)12-8-10(15)9-5-3-4-6-11(9)17-12/h1,3-6,8H,7H2,(H,14,16). The number of nitrogens with one attached hydrogen (secondary N) is 1. The van der Waals surface area contributed by atoms with E-state index in [-0.39, 0.29) is 17.7 Å². The summed E-state index contributed by atoms with van der Waals surface area (Å²) < 4.78 is 5.32. The summed E-state index contributed by atoms with van der Waals surface area (Å²) in [4.78, 5) is 23.3. The molecular formula is C13H9NO3. The number of carbonyl (C=O) groups excluding carboxylic acids is 1. The van der Waals surface area contributed by atoms with Crippen molar-refractivity contribution in [3.63, 3.8) is 0 Å². The summed E-state index contributed by atoms with van der Waals surface area (Å²) in [6.07, 6.45) is 5.02. The highest BCUT2D eigenvalue weighted by atomic mass is 16.3. The highest BCUT2D eigenvalue weighted by molar-refractivity contribution is 5.93. The summed E-state index contributed by atoms with van der Waals surface area (Å²) in [6, 6.07) is 7.90. The van der Waals surface area contributed by atoms with E-state index in [1.54, 1.807) is 24.3 Å². The average Bonchev–Trinajstić information content (AvgIpc) is 2.36. The van der Waals surface area contributed by atoms with Gasteiger partial charge in [0.25, 0.3) is 5.91 Å². The van der Waals surface area contributed by atoms with E-state index < -0.39 is 5.91 Å². The van der Waals surface area contributed by atoms with Crippen LogP contribution < -0.4 is 10.7 Å². The van der Waals surface area contributed by atoms with E-state index >= 15 is 0 Å². The molecule has 2 aromatic rings. The Balaban J connectivity index is 2.47. The number of fused-ring (bicyclic) bond motifs is 1. The van der Waals surface area contributed by atoms with E-state index in [4.69, 9.17) is 10.8 Å². The minimum Gasteiger partial charge on any atom is -0.451 e. The number of terminal acetylenes is 1. The Morgan fingerprint density at radius 3 is 2.94 bits per heavy atom. The molecular weight excluding hydrogens is 218 g/mol. The summed E-state index contributed by atoms with van der Waals surface area (Å²) in [5, 5.41) is 2.88. The van der Waals surface area contributed by atoms with Gasteiger partial charge in [-0.2, -0.15) is 0 Å². The van der Waals surface area contributed by atoms with Crippen LogP contribution in [0.5, 0.6) is 0 Å². The molecule has 0 spiro atoms. The zero-order chi connectivity index (χ0) is 12.3. The van der Waals surface area contributed by atoms with Gasteiger partial charge in [-0.1, -0.05) is 18.1 Å². The summed E-state index contributed by atoms with van der Waals surface area (Å²) >= 11 is 0. The molecule has 1 heterocycles. The van der Waals surface area contributed by atoms with Crippen molar-refractivity contribution in [1.29, 1.82) is 0 Å². The molecule has 0 saturated heterocycles. The van der Waals surface area contributed by atoms with E-state index in [1.807, 2.05) is 0 Å². The van der Waals surface area contributed by atoms with Gasteiger partial charge < -0.3 is 9.73 Å². The van der Waals surface area contributed by atoms with Gasteiger partial charge in [-0.25, -0.2) is 0 Å². The number of hydrogen-bond donors (Lipinski definition) is 1. The topological polar surface area (TPSA) is 59.3 Å². The molecule has 17 heavy (non-hydrogen) atoms. The second-order valence-corrected chi connectivity index (χ2v) is 3.36. The summed E-state index contributed by atoms with van der Waals surface area (Å²) in [5.41, 5.74) is 0.128. The zero-order valence-corrected chi connectivity index (χ0v) is 8.90. The van der Waals surface area contributed by atoms with Crippen molar-refractivity contribution in [2.24, 2.45) is 0 Å². The van der Waals surface area contributed by atoms with Crippen LogP contribution in [0.2, 0.25) is 0 Å². The Morgan fingerprint density at radius 1 is 1.41 bits per heavy atom. The molecule has 0 aliphatic heterocycles. The third-order valence-corrected chi connectivity index (χ3v) is 2.21. The SMILES string of the molecule is C#CCNC(=O)c1cc(=O)c2ccccc2o1. The van der Waals surface area contributed by atoms with Gasteiger partial charge >= 0.3 is 0 Å². The van der Waals surface area contributed by atoms with Crippen molar-refractivity contribution in [1.82, 2.24) is 5.32 Å². The highest BCUT2D eigenvalue weighted by Gasteiger charge is 2.10. The van der Waals surface area contributed by atoms with E-state index in [0.717, 1.165) is 6.07 Å². The van der Waals surface area contributed by atoms with Crippen molar-refractivity contribution in [3.05, 3.63) is 46.3 Å². The molecule has 0 radical (unpaired) electrons. The van der Waals surface area contributed by atoms with Gasteiger partial charge in [0.1, 0.15) is 5.58 Å². The number of benzene rings is 1. The third kappa shape index (κ3) is 2.18. The molecule has 4 nitrogen and oxygen atoms in total. The first-order valence-corrected chi connectivity index (χ1v) is 4.97. The molecule has 0 aliphatic carbocycles. The Morgan fingerprint density at radius 2 is 2.18 bits per heavy atom. The van der Waals surface area contributed by atoms with E-state index in [9.17, 15) is 9.59 Å². The van der Waals surface area contributed by atoms with Crippen molar-refractivity contribution in [2.75, 3.05) is 6.54 Å². The van der Waals surface area contributed by atoms with Crippen molar-refractivity contribution >= 4 is 16.9 Å². The predicted molar refractivity (Wildman–Crippen MR) is 63.7 cm³/mol. The molecule has 0 saturated carbocycles. The normalized spacial score (nSPS) is 9.82. The van der Waals surface area contributed by atoms with Crippen LogP contribution in [0.25, 0.3) is 11.0 Å². The Bertz CT molecular complexity index is 664. The second-order valence-electron chi connectivity index (χ2n) is 3.36. The van der Waals surface area contributed by atoms with Crippen molar-refractivity contribution in [2.45, 2.75) is 0 Å². The summed E-state index contributed by atoms with van der Waals surface area (Å²) in [7, 11) is 0. The molecule has 1 aromatic heterocycles. The summed E-state index contributed by atoms with van der Waals surface area (Å²) in [6.45, 7) is 0.0926. The number of amides is 1. The van der Waals surface area contributed by atoms with Crippen LogP contribution in [-0.4, -0.2) is 12.5 Å². The van der Waals surface area contributed by atoms with Crippen LogP contribution in [0.15, 0.2) is 39.5 Å². The smallest absolute Gasteiger partial charge is 0.287 e. The molecule has 1 aromatic carbocycles. The van der Waals surface area contributed by atoms with Crippen LogP contribution in [0.1, 0.15) is 10.6 Å². The monoisotopic (exact) mass is 227 g/mol. The van der Waals surface area contributed by atoms with Crippen molar-refractivity contribution in [3.8, 4) is 12.3 Å². The van der Waals surface area contributed by atoms with Gasteiger partial charge in [0.15, 0.2) is 11.2 Å². The molecule has 2 rings (SSSR count). The van der Waals surface area contributed by atoms with Crippen LogP contribution in [0.3, 0.4) is 0 Å². The highest BCUT2D eigenvalue weighted by Crippen LogP contribution is 2.11.